The second-order valence-electron chi connectivity index (χ2n) is 4.87. The summed E-state index contributed by atoms with van der Waals surface area (Å²) in [4.78, 5) is 24.6. The van der Waals surface area contributed by atoms with E-state index in [0.29, 0.717) is 16.0 Å². The summed E-state index contributed by atoms with van der Waals surface area (Å²) in [6.07, 6.45) is -0.976. The highest BCUT2D eigenvalue weighted by atomic mass is 35.5. The van der Waals surface area contributed by atoms with Crippen LogP contribution in [0.15, 0.2) is 34.5 Å². The lowest BCUT2D eigenvalue weighted by Gasteiger charge is -2.26. The molecule has 0 saturated carbocycles. The van der Waals surface area contributed by atoms with Crippen LogP contribution in [0.4, 0.5) is 18.0 Å². The lowest BCUT2D eigenvalue weighted by atomic mass is 9.99. The van der Waals surface area contributed by atoms with Gasteiger partial charge in [0.1, 0.15) is 0 Å². The fraction of sp³-hybridized carbons (Fsp3) is 0.429. The third-order valence-corrected chi connectivity index (χ3v) is 3.63. The van der Waals surface area contributed by atoms with Gasteiger partial charge in [-0.1, -0.05) is 18.5 Å². The van der Waals surface area contributed by atoms with Crippen LogP contribution in [-0.2, 0) is 4.79 Å². The number of hydrogen-bond donors (Lipinski definition) is 1. The number of alkyl halides is 3. The van der Waals surface area contributed by atoms with E-state index in [9.17, 15) is 22.8 Å². The van der Waals surface area contributed by atoms with Gasteiger partial charge in [0.2, 0.25) is 0 Å². The van der Waals surface area contributed by atoms with Gasteiger partial charge in [0.25, 0.3) is 5.91 Å². The number of urea groups is 1. The molecule has 0 saturated heterocycles. The van der Waals surface area contributed by atoms with E-state index >= 15 is 0 Å². The second-order valence-corrected chi connectivity index (χ2v) is 5.31. The molecule has 122 valence electrons. The number of amides is 3. The maximum atomic E-state index is 12.5. The Hall–Kier alpha value is -1.76. The zero-order chi connectivity index (χ0) is 17.1. The standard InChI is InChI=1S/C14H16ClF3N2O2/c1-8-6-10(4-5-11(8)15)20(13(22)19-3)12(21)7-9(2)14(16,17)18/h4-5,7-8H,6H2,1-3H3,(H,19,22)/b9-7+. The summed E-state index contributed by atoms with van der Waals surface area (Å²) in [6, 6.07) is -0.805. The van der Waals surface area contributed by atoms with E-state index in [2.05, 4.69) is 5.32 Å². The number of rotatable bonds is 2. The van der Waals surface area contributed by atoms with E-state index in [-0.39, 0.29) is 18.0 Å². The summed E-state index contributed by atoms with van der Waals surface area (Å²) in [5, 5.41) is 2.79. The van der Waals surface area contributed by atoms with Crippen molar-refractivity contribution in [2.45, 2.75) is 26.4 Å². The molecule has 1 aliphatic carbocycles. The van der Waals surface area contributed by atoms with Gasteiger partial charge in [-0.15, -0.1) is 0 Å². The van der Waals surface area contributed by atoms with Crippen LogP contribution in [0.3, 0.4) is 0 Å². The Balaban J connectivity index is 3.16. The molecule has 0 heterocycles. The third-order valence-electron chi connectivity index (χ3n) is 3.13. The second kappa shape index (κ2) is 7.00. The minimum atomic E-state index is -4.62. The van der Waals surface area contributed by atoms with Crippen molar-refractivity contribution in [1.29, 1.82) is 0 Å². The van der Waals surface area contributed by atoms with Crippen molar-refractivity contribution in [3.63, 3.8) is 0 Å². The molecule has 1 unspecified atom stereocenters. The lowest BCUT2D eigenvalue weighted by molar-refractivity contribution is -0.123. The Bertz CT molecular complexity index is 565. The Morgan fingerprint density at radius 1 is 1.41 bits per heavy atom. The average molecular weight is 337 g/mol. The topological polar surface area (TPSA) is 49.4 Å². The van der Waals surface area contributed by atoms with Crippen molar-refractivity contribution < 1.29 is 22.8 Å². The SMILES string of the molecule is CNC(=O)N(C(=O)/C=C(\C)C(F)(F)F)C1=CC=C(Cl)C(C)C1. The zero-order valence-electron chi connectivity index (χ0n) is 12.3. The highest BCUT2D eigenvalue weighted by Crippen LogP contribution is 2.30. The minimum Gasteiger partial charge on any atom is -0.340 e. The molecular formula is C14H16ClF3N2O2. The van der Waals surface area contributed by atoms with Crippen LogP contribution >= 0.6 is 11.6 Å². The van der Waals surface area contributed by atoms with Gasteiger partial charge >= 0.3 is 12.2 Å². The van der Waals surface area contributed by atoms with E-state index in [1.54, 1.807) is 6.92 Å². The number of carbonyl (C=O) groups excluding carboxylic acids is 2. The number of imide groups is 1. The van der Waals surface area contributed by atoms with Crippen molar-refractivity contribution in [2.24, 2.45) is 5.92 Å². The first kappa shape index (κ1) is 18.3. The van der Waals surface area contributed by atoms with Crippen molar-refractivity contribution in [1.82, 2.24) is 10.2 Å². The molecule has 22 heavy (non-hydrogen) atoms. The van der Waals surface area contributed by atoms with Crippen LogP contribution < -0.4 is 5.32 Å². The molecule has 0 radical (unpaired) electrons. The molecule has 0 aromatic rings. The quantitative estimate of drug-likeness (QED) is 0.781. The number of allylic oxidation sites excluding steroid dienone is 5. The molecule has 1 rings (SSSR count). The molecule has 0 bridgehead atoms. The average Bonchev–Trinajstić information content (AvgIpc) is 2.41. The third kappa shape index (κ3) is 4.37. The van der Waals surface area contributed by atoms with Gasteiger partial charge in [0.15, 0.2) is 0 Å². The van der Waals surface area contributed by atoms with E-state index in [4.69, 9.17) is 11.6 Å². The van der Waals surface area contributed by atoms with Crippen LogP contribution in [0.1, 0.15) is 20.3 Å². The first-order valence-electron chi connectivity index (χ1n) is 6.45. The Morgan fingerprint density at radius 2 is 2.00 bits per heavy atom. The highest BCUT2D eigenvalue weighted by molar-refractivity contribution is 6.30. The largest absolute Gasteiger partial charge is 0.412 e. The molecule has 4 nitrogen and oxygen atoms in total. The number of carbonyl (C=O) groups is 2. The fourth-order valence-corrected chi connectivity index (χ4v) is 1.94. The first-order valence-corrected chi connectivity index (χ1v) is 6.83. The number of hydrogen-bond acceptors (Lipinski definition) is 2. The van der Waals surface area contributed by atoms with E-state index in [1.165, 1.54) is 19.2 Å². The lowest BCUT2D eigenvalue weighted by Crippen LogP contribution is -2.42. The molecule has 3 amide bonds. The zero-order valence-corrected chi connectivity index (χ0v) is 13.0. The van der Waals surface area contributed by atoms with Gasteiger partial charge in [-0.3, -0.25) is 4.79 Å². The summed E-state index contributed by atoms with van der Waals surface area (Å²) >= 11 is 5.93. The van der Waals surface area contributed by atoms with Gasteiger partial charge in [-0.05, 0) is 31.4 Å². The molecule has 1 atom stereocenters. The summed E-state index contributed by atoms with van der Waals surface area (Å²) < 4.78 is 37.6. The first-order chi connectivity index (χ1) is 10.1. The predicted molar refractivity (Wildman–Crippen MR) is 76.9 cm³/mol. The maximum absolute atomic E-state index is 12.5. The van der Waals surface area contributed by atoms with Gasteiger partial charge in [-0.25, -0.2) is 9.69 Å². The number of nitrogens with one attached hydrogen (secondary N) is 1. The van der Waals surface area contributed by atoms with E-state index < -0.39 is 23.7 Å². The van der Waals surface area contributed by atoms with Gasteiger partial charge < -0.3 is 5.32 Å². The molecular weight excluding hydrogens is 321 g/mol. The summed E-state index contributed by atoms with van der Waals surface area (Å²) in [5.41, 5.74) is -0.795. The van der Waals surface area contributed by atoms with Crippen LogP contribution in [0.2, 0.25) is 0 Å². The molecule has 0 fully saturated rings. The van der Waals surface area contributed by atoms with Gasteiger partial charge in [0, 0.05) is 29.4 Å². The van der Waals surface area contributed by atoms with E-state index in [0.717, 1.165) is 6.92 Å². The number of halogens is 4. The summed E-state index contributed by atoms with van der Waals surface area (Å²) in [6.45, 7) is 2.56. The molecule has 8 heteroatoms. The molecule has 0 aromatic carbocycles. The predicted octanol–water partition coefficient (Wildman–Crippen LogP) is 3.71. The fourth-order valence-electron chi connectivity index (χ4n) is 1.80. The highest BCUT2D eigenvalue weighted by Gasteiger charge is 2.33. The van der Waals surface area contributed by atoms with Crippen LogP contribution in [0, 0.1) is 5.92 Å². The Labute approximate surface area is 131 Å². The molecule has 0 aliphatic heterocycles. The van der Waals surface area contributed by atoms with Crippen molar-refractivity contribution in [2.75, 3.05) is 7.05 Å². The van der Waals surface area contributed by atoms with Crippen molar-refractivity contribution >= 4 is 23.5 Å². The summed E-state index contributed by atoms with van der Waals surface area (Å²) in [5.74, 6) is -1.19. The molecule has 0 aromatic heterocycles. The van der Waals surface area contributed by atoms with Gasteiger partial charge in [-0.2, -0.15) is 13.2 Å². The van der Waals surface area contributed by atoms with Crippen molar-refractivity contribution in [3.05, 3.63) is 34.5 Å². The molecule has 0 spiro atoms. The normalized spacial score (nSPS) is 19.2. The van der Waals surface area contributed by atoms with Crippen LogP contribution in [0.5, 0.6) is 0 Å². The molecule has 1 N–H and O–H groups in total. The molecule has 1 aliphatic rings. The maximum Gasteiger partial charge on any atom is 0.412 e. The minimum absolute atomic E-state index is 0.130. The van der Waals surface area contributed by atoms with Crippen LogP contribution in [-0.4, -0.2) is 30.1 Å². The Kier molecular flexibility index (Phi) is 5.82. The van der Waals surface area contributed by atoms with Gasteiger partial charge in [0.05, 0.1) is 0 Å². The number of nitrogens with zero attached hydrogens (tertiary/aromatic N) is 1. The Morgan fingerprint density at radius 3 is 2.45 bits per heavy atom. The smallest absolute Gasteiger partial charge is 0.340 e. The van der Waals surface area contributed by atoms with Crippen LogP contribution in [0.25, 0.3) is 0 Å². The summed E-state index contributed by atoms with van der Waals surface area (Å²) in [7, 11) is 1.29. The van der Waals surface area contributed by atoms with Crippen molar-refractivity contribution in [3.8, 4) is 0 Å². The monoisotopic (exact) mass is 336 g/mol. The van der Waals surface area contributed by atoms with E-state index in [1.807, 2.05) is 0 Å².